The first kappa shape index (κ1) is 22.7. The topological polar surface area (TPSA) is 81.6 Å². The van der Waals surface area contributed by atoms with Crippen molar-refractivity contribution in [1.82, 2.24) is 14.7 Å². The Balaban J connectivity index is 1.90. The Kier molecular flexibility index (Phi) is 6.59. The molecule has 0 radical (unpaired) electrons. The van der Waals surface area contributed by atoms with Gasteiger partial charge in [-0.25, -0.2) is 13.8 Å². The van der Waals surface area contributed by atoms with Gasteiger partial charge >= 0.3 is 0 Å². The number of aryl methyl sites for hydroxylation is 2. The molecule has 3 N–H and O–H groups in total. The fraction of sp³-hybridized carbons (Fsp3) is 0.391. The molecule has 8 heteroatoms. The summed E-state index contributed by atoms with van der Waals surface area (Å²) in [4.78, 5) is 17.4. The SMILES string of the molecule is CCC[C@@](C)(N)CNC(=O)c1c(C)nc2c(OCc3c(F)cccc3F)cc(C)cn12. The minimum absolute atomic E-state index is 0.165. The van der Waals surface area contributed by atoms with Gasteiger partial charge in [-0.3, -0.25) is 9.20 Å². The lowest BCUT2D eigenvalue weighted by Gasteiger charge is -2.24. The van der Waals surface area contributed by atoms with Gasteiger partial charge in [0.2, 0.25) is 0 Å². The number of aromatic nitrogens is 2. The highest BCUT2D eigenvalue weighted by Crippen LogP contribution is 2.26. The molecule has 0 fully saturated rings. The van der Waals surface area contributed by atoms with Crippen molar-refractivity contribution in [3.63, 3.8) is 0 Å². The molecule has 0 aliphatic rings. The Morgan fingerprint density at radius 1 is 1.29 bits per heavy atom. The molecular weight excluding hydrogens is 402 g/mol. The number of carbonyl (C=O) groups is 1. The van der Waals surface area contributed by atoms with Crippen molar-refractivity contribution in [1.29, 1.82) is 0 Å². The second-order valence-corrected chi connectivity index (χ2v) is 8.20. The summed E-state index contributed by atoms with van der Waals surface area (Å²) in [6.07, 6.45) is 3.47. The summed E-state index contributed by atoms with van der Waals surface area (Å²) in [5.41, 5.74) is 7.64. The highest BCUT2D eigenvalue weighted by atomic mass is 19.1. The zero-order chi connectivity index (χ0) is 22.8. The van der Waals surface area contributed by atoms with Crippen LogP contribution >= 0.6 is 0 Å². The Morgan fingerprint density at radius 3 is 2.61 bits per heavy atom. The number of fused-ring (bicyclic) bond motifs is 1. The van der Waals surface area contributed by atoms with Crippen LogP contribution in [-0.4, -0.2) is 27.4 Å². The predicted molar refractivity (Wildman–Crippen MR) is 115 cm³/mol. The highest BCUT2D eigenvalue weighted by Gasteiger charge is 2.23. The summed E-state index contributed by atoms with van der Waals surface area (Å²) in [6.45, 7) is 7.53. The Morgan fingerprint density at radius 2 is 1.97 bits per heavy atom. The van der Waals surface area contributed by atoms with Crippen LogP contribution in [0.25, 0.3) is 5.65 Å². The van der Waals surface area contributed by atoms with E-state index in [2.05, 4.69) is 10.3 Å². The summed E-state index contributed by atoms with van der Waals surface area (Å²) >= 11 is 0. The number of benzene rings is 1. The first-order valence-electron chi connectivity index (χ1n) is 10.2. The van der Waals surface area contributed by atoms with E-state index in [4.69, 9.17) is 10.5 Å². The Bertz CT molecular complexity index is 1090. The maximum Gasteiger partial charge on any atom is 0.270 e. The molecule has 2 aromatic heterocycles. The van der Waals surface area contributed by atoms with Gasteiger partial charge in [0.05, 0.1) is 11.3 Å². The molecule has 0 saturated carbocycles. The van der Waals surface area contributed by atoms with E-state index < -0.39 is 17.2 Å². The Hall–Kier alpha value is -3.00. The number of rotatable bonds is 8. The number of hydrogen-bond acceptors (Lipinski definition) is 4. The largest absolute Gasteiger partial charge is 0.485 e. The van der Waals surface area contributed by atoms with Crippen LogP contribution in [0.5, 0.6) is 5.75 Å². The van der Waals surface area contributed by atoms with Crippen molar-refractivity contribution >= 4 is 11.6 Å². The molecule has 0 bridgehead atoms. The summed E-state index contributed by atoms with van der Waals surface area (Å²) in [7, 11) is 0. The number of carbonyl (C=O) groups excluding carboxylic acids is 1. The zero-order valence-electron chi connectivity index (χ0n) is 18.3. The number of hydrogen-bond donors (Lipinski definition) is 2. The molecule has 6 nitrogen and oxygen atoms in total. The van der Waals surface area contributed by atoms with E-state index in [0.717, 1.165) is 18.4 Å². The number of nitrogens with two attached hydrogens (primary N) is 1. The fourth-order valence-corrected chi connectivity index (χ4v) is 3.58. The van der Waals surface area contributed by atoms with Crippen molar-refractivity contribution in [3.8, 4) is 5.75 Å². The number of ether oxygens (including phenoxy) is 1. The normalized spacial score (nSPS) is 13.3. The van der Waals surface area contributed by atoms with Gasteiger partial charge in [0, 0.05) is 18.3 Å². The number of amides is 1. The van der Waals surface area contributed by atoms with Crippen LogP contribution in [0, 0.1) is 25.5 Å². The van der Waals surface area contributed by atoms with E-state index in [-0.39, 0.29) is 18.1 Å². The smallest absolute Gasteiger partial charge is 0.270 e. The first-order chi connectivity index (χ1) is 14.6. The van der Waals surface area contributed by atoms with Crippen molar-refractivity contribution in [2.45, 2.75) is 52.7 Å². The number of nitrogens with one attached hydrogen (secondary N) is 1. The van der Waals surface area contributed by atoms with Crippen molar-refractivity contribution in [3.05, 3.63) is 64.6 Å². The van der Waals surface area contributed by atoms with Gasteiger partial charge in [0.1, 0.15) is 23.9 Å². The predicted octanol–water partition coefficient (Wildman–Crippen LogP) is 4.06. The van der Waals surface area contributed by atoms with Gasteiger partial charge in [-0.1, -0.05) is 19.4 Å². The third-order valence-electron chi connectivity index (χ3n) is 5.12. The molecular formula is C23H28F2N4O2. The monoisotopic (exact) mass is 430 g/mol. The molecule has 0 aliphatic heterocycles. The standard InChI is InChI=1S/C23H28F2N4O2/c1-5-9-23(4,26)13-27-22(30)20-15(3)28-21-19(10-14(2)11-29(20)21)31-12-16-17(24)7-6-8-18(16)25/h6-8,10-11H,5,9,12-13,26H2,1-4H3,(H,27,30)/t23-/m1/s1. The van der Waals surface area contributed by atoms with E-state index in [1.807, 2.05) is 20.8 Å². The number of imidazole rings is 1. The third kappa shape index (κ3) is 5.02. The quantitative estimate of drug-likeness (QED) is 0.565. The van der Waals surface area contributed by atoms with Crippen molar-refractivity contribution in [2.75, 3.05) is 6.54 Å². The average Bonchev–Trinajstić information content (AvgIpc) is 3.01. The summed E-state index contributed by atoms with van der Waals surface area (Å²) < 4.78 is 35.3. The third-order valence-corrected chi connectivity index (χ3v) is 5.12. The summed E-state index contributed by atoms with van der Waals surface area (Å²) in [5, 5.41) is 2.89. The van der Waals surface area contributed by atoms with Gasteiger partial charge < -0.3 is 15.8 Å². The molecule has 0 aliphatic carbocycles. The van der Waals surface area contributed by atoms with E-state index in [0.29, 0.717) is 29.3 Å². The number of halogens is 2. The zero-order valence-corrected chi connectivity index (χ0v) is 18.3. The van der Waals surface area contributed by atoms with Crippen LogP contribution in [0.15, 0.2) is 30.5 Å². The summed E-state index contributed by atoms with van der Waals surface area (Å²) in [5.74, 6) is -1.32. The van der Waals surface area contributed by atoms with Crippen LogP contribution < -0.4 is 15.8 Å². The maximum absolute atomic E-state index is 14.0. The van der Waals surface area contributed by atoms with Gasteiger partial charge in [-0.15, -0.1) is 0 Å². The molecule has 31 heavy (non-hydrogen) atoms. The average molecular weight is 430 g/mol. The lowest BCUT2D eigenvalue weighted by Crippen LogP contribution is -2.47. The lowest BCUT2D eigenvalue weighted by atomic mass is 9.98. The number of nitrogens with zero attached hydrogens (tertiary/aromatic N) is 2. The Labute approximate surface area is 180 Å². The molecule has 0 unspecified atom stereocenters. The van der Waals surface area contributed by atoms with E-state index in [1.54, 1.807) is 23.6 Å². The molecule has 0 saturated heterocycles. The highest BCUT2D eigenvalue weighted by molar-refractivity contribution is 5.95. The molecule has 1 aromatic carbocycles. The lowest BCUT2D eigenvalue weighted by molar-refractivity contribution is 0.0937. The molecule has 1 amide bonds. The van der Waals surface area contributed by atoms with E-state index in [1.165, 1.54) is 18.2 Å². The van der Waals surface area contributed by atoms with E-state index >= 15 is 0 Å². The number of pyridine rings is 1. The van der Waals surface area contributed by atoms with Gasteiger partial charge in [-0.05, 0) is 51.0 Å². The first-order valence-corrected chi connectivity index (χ1v) is 10.2. The second kappa shape index (κ2) is 9.01. The fourth-order valence-electron chi connectivity index (χ4n) is 3.58. The molecule has 1 atom stereocenters. The van der Waals surface area contributed by atoms with Crippen molar-refractivity contribution < 1.29 is 18.3 Å². The van der Waals surface area contributed by atoms with Crippen molar-refractivity contribution in [2.24, 2.45) is 5.73 Å². The van der Waals surface area contributed by atoms with Gasteiger partial charge in [-0.2, -0.15) is 0 Å². The van der Waals surface area contributed by atoms with Gasteiger partial charge in [0.15, 0.2) is 11.4 Å². The van der Waals surface area contributed by atoms with Crippen LogP contribution in [0.2, 0.25) is 0 Å². The molecule has 3 rings (SSSR count). The van der Waals surface area contributed by atoms with E-state index in [9.17, 15) is 13.6 Å². The molecule has 166 valence electrons. The van der Waals surface area contributed by atoms with Crippen LogP contribution in [0.4, 0.5) is 8.78 Å². The van der Waals surface area contributed by atoms with Crippen LogP contribution in [0.1, 0.15) is 54.0 Å². The van der Waals surface area contributed by atoms with Crippen LogP contribution in [0.3, 0.4) is 0 Å². The minimum Gasteiger partial charge on any atom is -0.485 e. The minimum atomic E-state index is -0.680. The summed E-state index contributed by atoms with van der Waals surface area (Å²) in [6, 6.07) is 5.38. The molecule has 3 aromatic rings. The van der Waals surface area contributed by atoms with Crippen LogP contribution in [-0.2, 0) is 6.61 Å². The second-order valence-electron chi connectivity index (χ2n) is 8.20. The molecule has 0 spiro atoms. The van der Waals surface area contributed by atoms with Gasteiger partial charge in [0.25, 0.3) is 5.91 Å². The maximum atomic E-state index is 14.0. The molecule has 2 heterocycles.